The molecule has 0 atom stereocenters. The highest BCUT2D eigenvalue weighted by atomic mass is 32.1. The Morgan fingerprint density at radius 1 is 1.11 bits per heavy atom. The van der Waals surface area contributed by atoms with E-state index in [9.17, 15) is 13.2 Å². The number of ether oxygens (including phenoxy) is 1. The van der Waals surface area contributed by atoms with E-state index in [1.165, 1.54) is 30.4 Å². The number of fused-ring (bicyclic) bond motifs is 1. The summed E-state index contributed by atoms with van der Waals surface area (Å²) in [7, 11) is 0. The standard InChI is InChI=1S/C18H10F3N3O2S/c19-18(20,21)25-14-4-2-1-3-11(14)5-6-16-23-17(24-26-16)12-9-15-13(22-10-12)7-8-27-15/h1-10H/b6-5+. The van der Waals surface area contributed by atoms with Gasteiger partial charge in [-0.05, 0) is 29.7 Å². The molecule has 0 N–H and O–H groups in total. The summed E-state index contributed by atoms with van der Waals surface area (Å²) in [6, 6.07) is 9.59. The summed E-state index contributed by atoms with van der Waals surface area (Å²) in [4.78, 5) is 8.54. The summed E-state index contributed by atoms with van der Waals surface area (Å²) >= 11 is 1.55. The number of aromatic nitrogens is 3. The maximum absolute atomic E-state index is 12.5. The van der Waals surface area contributed by atoms with Gasteiger partial charge >= 0.3 is 6.36 Å². The van der Waals surface area contributed by atoms with Crippen molar-refractivity contribution in [3.8, 4) is 17.1 Å². The quantitative estimate of drug-likeness (QED) is 0.467. The van der Waals surface area contributed by atoms with Gasteiger partial charge in [0.25, 0.3) is 5.89 Å². The lowest BCUT2D eigenvalue weighted by molar-refractivity contribution is -0.274. The number of halogens is 3. The number of nitrogens with zero attached hydrogens (tertiary/aromatic N) is 3. The zero-order valence-corrected chi connectivity index (χ0v) is 14.3. The second kappa shape index (κ2) is 6.84. The van der Waals surface area contributed by atoms with Crippen molar-refractivity contribution in [2.24, 2.45) is 0 Å². The molecule has 0 aliphatic heterocycles. The van der Waals surface area contributed by atoms with E-state index in [1.807, 2.05) is 17.5 Å². The molecule has 3 heterocycles. The average Bonchev–Trinajstić information content (AvgIpc) is 3.28. The van der Waals surface area contributed by atoms with E-state index < -0.39 is 6.36 Å². The molecule has 0 aliphatic carbocycles. The normalized spacial score (nSPS) is 12.1. The molecule has 0 aliphatic rings. The van der Waals surface area contributed by atoms with Crippen LogP contribution in [0.3, 0.4) is 0 Å². The molecular weight excluding hydrogens is 379 g/mol. The number of para-hydroxylation sites is 1. The molecule has 0 radical (unpaired) electrons. The maximum atomic E-state index is 12.5. The molecule has 4 aromatic rings. The fourth-order valence-corrected chi connectivity index (χ4v) is 3.17. The fraction of sp³-hybridized carbons (Fsp3) is 0.0556. The molecule has 0 bridgehead atoms. The van der Waals surface area contributed by atoms with Crippen molar-refractivity contribution in [2.75, 3.05) is 0 Å². The summed E-state index contributed by atoms with van der Waals surface area (Å²) in [5.74, 6) is 0.184. The summed E-state index contributed by atoms with van der Waals surface area (Å²) in [5.41, 5.74) is 1.80. The number of pyridine rings is 1. The van der Waals surface area contributed by atoms with Gasteiger partial charge in [0.15, 0.2) is 0 Å². The highest BCUT2D eigenvalue weighted by Crippen LogP contribution is 2.28. The third-order valence-electron chi connectivity index (χ3n) is 3.55. The van der Waals surface area contributed by atoms with Crippen LogP contribution in [0.1, 0.15) is 11.5 Å². The molecule has 0 spiro atoms. The average molecular weight is 389 g/mol. The van der Waals surface area contributed by atoms with E-state index in [0.717, 1.165) is 10.2 Å². The lowest BCUT2D eigenvalue weighted by atomic mass is 10.2. The van der Waals surface area contributed by atoms with Crippen molar-refractivity contribution < 1.29 is 22.4 Å². The minimum atomic E-state index is -4.77. The highest BCUT2D eigenvalue weighted by Gasteiger charge is 2.31. The Morgan fingerprint density at radius 3 is 2.81 bits per heavy atom. The summed E-state index contributed by atoms with van der Waals surface area (Å²) in [6.45, 7) is 0. The van der Waals surface area contributed by atoms with Crippen molar-refractivity contribution >= 4 is 33.7 Å². The van der Waals surface area contributed by atoms with Crippen LogP contribution in [0.25, 0.3) is 33.8 Å². The monoisotopic (exact) mass is 389 g/mol. The molecular formula is C18H10F3N3O2S. The summed E-state index contributed by atoms with van der Waals surface area (Å²) < 4.78 is 47.5. The van der Waals surface area contributed by atoms with Crippen LogP contribution in [0, 0.1) is 0 Å². The maximum Gasteiger partial charge on any atom is 0.573 e. The first-order valence-corrected chi connectivity index (χ1v) is 8.56. The van der Waals surface area contributed by atoms with Crippen LogP contribution < -0.4 is 4.74 Å². The van der Waals surface area contributed by atoms with Gasteiger partial charge in [-0.1, -0.05) is 23.4 Å². The number of rotatable bonds is 4. The Bertz CT molecular complexity index is 1120. The largest absolute Gasteiger partial charge is 0.573 e. The minimum absolute atomic E-state index is 0.151. The molecule has 3 aromatic heterocycles. The number of alkyl halides is 3. The van der Waals surface area contributed by atoms with Crippen LogP contribution in [0.2, 0.25) is 0 Å². The topological polar surface area (TPSA) is 61.0 Å². The Balaban J connectivity index is 1.58. The summed E-state index contributed by atoms with van der Waals surface area (Å²) in [5, 5.41) is 5.82. The van der Waals surface area contributed by atoms with Gasteiger partial charge in [-0.15, -0.1) is 24.5 Å². The van der Waals surface area contributed by atoms with Gasteiger partial charge in [-0.3, -0.25) is 4.98 Å². The summed E-state index contributed by atoms with van der Waals surface area (Å²) in [6.07, 6.45) is -0.292. The predicted octanol–water partition coefficient (Wildman–Crippen LogP) is 5.42. The van der Waals surface area contributed by atoms with Gasteiger partial charge in [-0.25, -0.2) is 0 Å². The number of hydrogen-bond acceptors (Lipinski definition) is 6. The second-order valence-corrected chi connectivity index (χ2v) is 6.35. The molecule has 0 amide bonds. The Labute approximate surface area is 154 Å². The van der Waals surface area contributed by atoms with Gasteiger partial charge in [0, 0.05) is 23.4 Å². The third-order valence-corrected chi connectivity index (χ3v) is 4.41. The van der Waals surface area contributed by atoms with E-state index >= 15 is 0 Å². The zero-order chi connectivity index (χ0) is 18.9. The highest BCUT2D eigenvalue weighted by molar-refractivity contribution is 7.17. The van der Waals surface area contributed by atoms with E-state index in [0.29, 0.717) is 11.4 Å². The van der Waals surface area contributed by atoms with Gasteiger partial charge in [0.1, 0.15) is 5.75 Å². The van der Waals surface area contributed by atoms with Gasteiger partial charge < -0.3 is 9.26 Å². The Hall–Kier alpha value is -3.20. The minimum Gasteiger partial charge on any atom is -0.405 e. The number of hydrogen-bond donors (Lipinski definition) is 0. The molecule has 27 heavy (non-hydrogen) atoms. The molecule has 4 rings (SSSR count). The number of thiophene rings is 1. The second-order valence-electron chi connectivity index (χ2n) is 5.40. The van der Waals surface area contributed by atoms with Gasteiger partial charge in [-0.2, -0.15) is 4.98 Å². The van der Waals surface area contributed by atoms with Crippen molar-refractivity contribution in [2.45, 2.75) is 6.36 Å². The molecule has 0 unspecified atom stereocenters. The van der Waals surface area contributed by atoms with Crippen LogP contribution >= 0.6 is 11.3 Å². The Kier molecular flexibility index (Phi) is 4.36. The van der Waals surface area contributed by atoms with E-state index in [-0.39, 0.29) is 17.2 Å². The van der Waals surface area contributed by atoms with Gasteiger partial charge in [0.2, 0.25) is 5.82 Å². The molecule has 0 saturated heterocycles. The van der Waals surface area contributed by atoms with Crippen LogP contribution in [0.15, 0.2) is 52.5 Å². The number of benzene rings is 1. The molecule has 0 fully saturated rings. The van der Waals surface area contributed by atoms with Crippen molar-refractivity contribution in [1.29, 1.82) is 0 Å². The first kappa shape index (κ1) is 17.2. The van der Waals surface area contributed by atoms with Crippen LogP contribution in [-0.4, -0.2) is 21.5 Å². The third kappa shape index (κ3) is 3.98. The lowest BCUT2D eigenvalue weighted by Gasteiger charge is -2.10. The van der Waals surface area contributed by atoms with Crippen molar-refractivity contribution in [1.82, 2.24) is 15.1 Å². The molecule has 1 aromatic carbocycles. The van der Waals surface area contributed by atoms with E-state index in [1.54, 1.807) is 23.6 Å². The van der Waals surface area contributed by atoms with E-state index in [2.05, 4.69) is 19.9 Å². The van der Waals surface area contributed by atoms with Crippen LogP contribution in [0.5, 0.6) is 5.75 Å². The molecule has 136 valence electrons. The predicted molar refractivity (Wildman–Crippen MR) is 95.0 cm³/mol. The first-order valence-electron chi connectivity index (χ1n) is 7.68. The molecule has 9 heteroatoms. The van der Waals surface area contributed by atoms with Crippen molar-refractivity contribution in [3.05, 3.63) is 59.4 Å². The smallest absolute Gasteiger partial charge is 0.405 e. The van der Waals surface area contributed by atoms with Crippen LogP contribution in [0.4, 0.5) is 13.2 Å². The molecule has 5 nitrogen and oxygen atoms in total. The SMILES string of the molecule is FC(F)(F)Oc1ccccc1/C=C/c1nc(-c2cnc3ccsc3c2)no1. The van der Waals surface area contributed by atoms with E-state index in [4.69, 9.17) is 4.52 Å². The van der Waals surface area contributed by atoms with Crippen molar-refractivity contribution in [3.63, 3.8) is 0 Å². The first-order chi connectivity index (χ1) is 13.0. The fourth-order valence-electron chi connectivity index (χ4n) is 2.39. The van der Waals surface area contributed by atoms with Gasteiger partial charge in [0.05, 0.1) is 10.2 Å². The lowest BCUT2D eigenvalue weighted by Crippen LogP contribution is -2.17. The zero-order valence-electron chi connectivity index (χ0n) is 13.5. The molecule has 0 saturated carbocycles. The Morgan fingerprint density at radius 2 is 1.96 bits per heavy atom. The van der Waals surface area contributed by atoms with Crippen LogP contribution in [-0.2, 0) is 0 Å².